The number of hydrogen-bond acceptors (Lipinski definition) is 8. The summed E-state index contributed by atoms with van der Waals surface area (Å²) in [5.41, 5.74) is -1.64. The van der Waals surface area contributed by atoms with E-state index in [1.165, 1.54) is 13.0 Å². The van der Waals surface area contributed by atoms with Crippen LogP contribution in [-0.2, 0) is 20.7 Å². The van der Waals surface area contributed by atoms with E-state index in [2.05, 4.69) is 20.8 Å². The molecule has 0 spiro atoms. The first-order valence-electron chi connectivity index (χ1n) is 13.0. The van der Waals surface area contributed by atoms with Gasteiger partial charge in [0.25, 0.3) is 0 Å². The maximum absolute atomic E-state index is 13.6. The Morgan fingerprint density at radius 2 is 1.71 bits per heavy atom. The molecule has 1 heterocycles. The summed E-state index contributed by atoms with van der Waals surface area (Å²) < 4.78 is 12.5. The van der Waals surface area contributed by atoms with Gasteiger partial charge in [-0.05, 0) is 37.7 Å². The molecule has 1 saturated heterocycles. The van der Waals surface area contributed by atoms with Crippen molar-refractivity contribution in [2.45, 2.75) is 84.9 Å². The van der Waals surface area contributed by atoms with Crippen molar-refractivity contribution < 1.29 is 39.2 Å². The molecule has 8 nitrogen and oxygen atoms in total. The average Bonchev–Trinajstić information content (AvgIpc) is 2.83. The van der Waals surface area contributed by atoms with Gasteiger partial charge in [0.05, 0.1) is 23.3 Å². The molecule has 1 aliphatic heterocycles. The predicted molar refractivity (Wildman–Crippen MR) is 137 cm³/mol. The predicted octanol–water partition coefficient (Wildman–Crippen LogP) is 4.30. The monoisotopic (exact) mass is 522 g/mol. The lowest BCUT2D eigenvalue weighted by Crippen LogP contribution is -2.48. The number of hydrogen-bond donors (Lipinski definition) is 3. The van der Waals surface area contributed by atoms with Crippen LogP contribution in [0.5, 0.6) is 11.5 Å². The normalized spacial score (nSPS) is 29.9. The minimum Gasteiger partial charge on any atom is -0.507 e. The third-order valence-electron chi connectivity index (χ3n) is 9.29. The highest BCUT2D eigenvalue weighted by Crippen LogP contribution is 2.52. The van der Waals surface area contributed by atoms with E-state index >= 15 is 0 Å². The molecule has 202 valence electrons. The van der Waals surface area contributed by atoms with Gasteiger partial charge in [-0.15, -0.1) is 0 Å². The highest BCUT2D eigenvalue weighted by Gasteiger charge is 2.49. The summed E-state index contributed by atoms with van der Waals surface area (Å²) in [5, 5.41) is 34.2. The van der Waals surface area contributed by atoms with Crippen molar-refractivity contribution in [3.8, 4) is 11.5 Å². The van der Waals surface area contributed by atoms with Crippen molar-refractivity contribution in [2.75, 3.05) is 0 Å². The van der Waals surface area contributed by atoms with Gasteiger partial charge in [0.15, 0.2) is 23.6 Å². The van der Waals surface area contributed by atoms with Crippen LogP contribution < -0.4 is 0 Å². The lowest BCUT2D eigenvalue weighted by Gasteiger charge is -2.47. The smallest absolute Gasteiger partial charge is 0.198 e. The molecule has 3 aliphatic rings. The maximum atomic E-state index is 13.6. The number of rotatable bonds is 3. The second-order valence-electron chi connectivity index (χ2n) is 11.8. The fourth-order valence-corrected chi connectivity index (χ4v) is 6.06. The number of ether oxygens (including phenoxy) is 2. The van der Waals surface area contributed by atoms with Gasteiger partial charge >= 0.3 is 0 Å². The van der Waals surface area contributed by atoms with Gasteiger partial charge in [0, 0.05) is 41.5 Å². The van der Waals surface area contributed by atoms with E-state index in [9.17, 15) is 29.7 Å². The van der Waals surface area contributed by atoms with Crippen molar-refractivity contribution >= 4 is 17.3 Å². The molecule has 0 saturated carbocycles. The Kier molecular flexibility index (Phi) is 6.09. The molecule has 5 unspecified atom stereocenters. The zero-order valence-corrected chi connectivity index (χ0v) is 22.5. The molecule has 2 aromatic rings. The van der Waals surface area contributed by atoms with Gasteiger partial charge in [0.2, 0.25) is 0 Å². The number of carbonyl (C=O) groups excluding carboxylic acids is 3. The molecule has 0 amide bonds. The second-order valence-corrected chi connectivity index (χ2v) is 11.8. The van der Waals surface area contributed by atoms with Crippen molar-refractivity contribution in [3.05, 3.63) is 57.1 Å². The van der Waals surface area contributed by atoms with E-state index in [0.29, 0.717) is 12.0 Å². The van der Waals surface area contributed by atoms with Gasteiger partial charge in [-0.2, -0.15) is 0 Å². The minimum absolute atomic E-state index is 0.0182. The van der Waals surface area contributed by atoms with Crippen LogP contribution in [0.3, 0.4) is 0 Å². The van der Waals surface area contributed by atoms with Crippen LogP contribution in [0.2, 0.25) is 0 Å². The summed E-state index contributed by atoms with van der Waals surface area (Å²) in [4.78, 5) is 39.7. The lowest BCUT2D eigenvalue weighted by atomic mass is 9.71. The van der Waals surface area contributed by atoms with Crippen LogP contribution in [0.15, 0.2) is 18.2 Å². The summed E-state index contributed by atoms with van der Waals surface area (Å²) in [7, 11) is 0. The Bertz CT molecular complexity index is 1380. The molecule has 0 radical (unpaired) electrons. The van der Waals surface area contributed by atoms with Gasteiger partial charge in [-0.1, -0.05) is 39.0 Å². The Labute approximate surface area is 221 Å². The van der Waals surface area contributed by atoms with Crippen LogP contribution in [0, 0.1) is 18.3 Å². The number of carbonyl (C=O) groups is 3. The number of fused-ring (bicyclic) bond motifs is 3. The third kappa shape index (κ3) is 3.73. The van der Waals surface area contributed by atoms with Crippen molar-refractivity contribution in [1.29, 1.82) is 0 Å². The summed E-state index contributed by atoms with van der Waals surface area (Å²) in [6.07, 6.45) is -1.95. The molecule has 8 heteroatoms. The molecule has 2 aromatic carbocycles. The second kappa shape index (κ2) is 8.73. The summed E-state index contributed by atoms with van der Waals surface area (Å²) in [5.74, 6) is -2.51. The van der Waals surface area contributed by atoms with E-state index in [1.54, 1.807) is 19.1 Å². The first-order valence-corrected chi connectivity index (χ1v) is 13.0. The van der Waals surface area contributed by atoms with E-state index < -0.39 is 46.8 Å². The largest absolute Gasteiger partial charge is 0.507 e. The van der Waals surface area contributed by atoms with Crippen LogP contribution in [0.4, 0.5) is 0 Å². The molecule has 0 aromatic heterocycles. The number of ketones is 3. The number of Topliss-reactive ketones (excluding diaryl/α,β-unsaturated/α-hetero) is 1. The average molecular weight is 523 g/mol. The van der Waals surface area contributed by atoms with E-state index in [1.807, 2.05) is 6.92 Å². The first kappa shape index (κ1) is 26.5. The number of aryl methyl sites for hydroxylation is 1. The van der Waals surface area contributed by atoms with Crippen LogP contribution in [-0.4, -0.2) is 50.7 Å². The molecule has 38 heavy (non-hydrogen) atoms. The van der Waals surface area contributed by atoms with E-state index in [4.69, 9.17) is 9.47 Å². The van der Waals surface area contributed by atoms with E-state index in [0.717, 1.165) is 0 Å². The Morgan fingerprint density at radius 1 is 1.05 bits per heavy atom. The van der Waals surface area contributed by atoms with E-state index in [-0.39, 0.29) is 63.7 Å². The molecule has 5 rings (SSSR count). The number of phenols is 2. The molecular weight excluding hydrogens is 488 g/mol. The molecular formula is C30H34O8. The molecule has 5 atom stereocenters. The van der Waals surface area contributed by atoms with Crippen molar-refractivity contribution in [3.63, 3.8) is 0 Å². The van der Waals surface area contributed by atoms with Crippen LogP contribution >= 0.6 is 0 Å². The Morgan fingerprint density at radius 3 is 2.34 bits per heavy atom. The zero-order valence-electron chi connectivity index (χ0n) is 22.5. The van der Waals surface area contributed by atoms with Crippen molar-refractivity contribution in [2.24, 2.45) is 11.3 Å². The Balaban J connectivity index is 1.67. The van der Waals surface area contributed by atoms with Gasteiger partial charge in [-0.25, -0.2) is 0 Å². The Hall–Kier alpha value is -3.07. The number of benzene rings is 2. The minimum atomic E-state index is -1.91. The third-order valence-corrected chi connectivity index (χ3v) is 9.29. The highest BCUT2D eigenvalue weighted by molar-refractivity contribution is 6.31. The molecule has 1 fully saturated rings. The van der Waals surface area contributed by atoms with Gasteiger partial charge in [-0.3, -0.25) is 14.4 Å². The number of aromatic hydroxyl groups is 2. The summed E-state index contributed by atoms with van der Waals surface area (Å²) >= 11 is 0. The summed E-state index contributed by atoms with van der Waals surface area (Å²) in [6, 6.07) is 4.85. The number of phenolic OH excluding ortho intramolecular Hbond substituents is 2. The quantitative estimate of drug-likeness (QED) is 0.434. The lowest BCUT2D eigenvalue weighted by molar-refractivity contribution is -0.260. The first-order chi connectivity index (χ1) is 17.7. The molecule has 0 bridgehead atoms. The molecule has 3 N–H and O–H groups in total. The van der Waals surface area contributed by atoms with Crippen molar-refractivity contribution in [1.82, 2.24) is 0 Å². The maximum Gasteiger partial charge on any atom is 0.198 e. The zero-order chi connectivity index (χ0) is 27.9. The number of aliphatic hydroxyl groups is 1. The van der Waals surface area contributed by atoms with Crippen LogP contribution in [0.1, 0.15) is 102 Å². The van der Waals surface area contributed by atoms with Gasteiger partial charge < -0.3 is 24.8 Å². The fraction of sp³-hybridized carbons (Fsp3) is 0.500. The fourth-order valence-electron chi connectivity index (χ4n) is 6.06. The topological polar surface area (TPSA) is 130 Å². The molecule has 2 aliphatic carbocycles. The van der Waals surface area contributed by atoms with Gasteiger partial charge in [0.1, 0.15) is 17.1 Å². The standard InChI is InChI=1S/C30H34O8/c1-13-8-7-9-17-21(13)27(34)24-23(25(17)32)26(33)18-11-30(36,15(3)31)12-19(22(18)28(24)35)38-20-10-14(2)29(5,6)16(4)37-20/h7-9,14,16,19-20,33,35-36H,10-12H2,1-6H3. The summed E-state index contributed by atoms with van der Waals surface area (Å²) in [6.45, 7) is 11.2. The highest BCUT2D eigenvalue weighted by atomic mass is 16.7. The SMILES string of the molecule is CC(=O)C1(O)Cc2c(O)c3c(c(O)c2C(OC2CC(C)C(C)(C)C(C)O2)C1)C(=O)c1c(C)cccc1C3=O. The van der Waals surface area contributed by atoms with Crippen LogP contribution in [0.25, 0.3) is 0 Å².